The zero-order valence-corrected chi connectivity index (χ0v) is 19.2. The number of amides is 3. The Balaban J connectivity index is 1.62. The molecule has 0 radical (unpaired) electrons. The first-order chi connectivity index (χ1) is 15.1. The number of anilines is 1. The third-order valence-corrected chi connectivity index (χ3v) is 4.50. The fourth-order valence-corrected chi connectivity index (χ4v) is 2.72. The summed E-state index contributed by atoms with van der Waals surface area (Å²) in [6.45, 7) is 6.11. The van der Waals surface area contributed by atoms with Crippen LogP contribution in [0.25, 0.3) is 0 Å². The highest BCUT2D eigenvalue weighted by molar-refractivity contribution is 7.80. The van der Waals surface area contributed by atoms with Crippen LogP contribution >= 0.6 is 12.2 Å². The minimum Gasteiger partial charge on any atom is -0.484 e. The first-order valence-corrected chi connectivity index (χ1v) is 10.5. The fourth-order valence-electron chi connectivity index (χ4n) is 2.56. The number of hydrazine groups is 1. The van der Waals surface area contributed by atoms with Crippen molar-refractivity contribution < 1.29 is 19.1 Å². The first-order valence-electron chi connectivity index (χ1n) is 10.1. The summed E-state index contributed by atoms with van der Waals surface area (Å²) in [7, 11) is 0. The van der Waals surface area contributed by atoms with Crippen molar-refractivity contribution >= 4 is 40.7 Å². The van der Waals surface area contributed by atoms with E-state index in [2.05, 4.69) is 42.3 Å². The molecule has 0 aliphatic rings. The van der Waals surface area contributed by atoms with Crippen molar-refractivity contribution in [2.45, 2.75) is 39.0 Å². The lowest BCUT2D eigenvalue weighted by atomic mass is 9.87. The third kappa shape index (κ3) is 9.13. The van der Waals surface area contributed by atoms with E-state index in [0.717, 1.165) is 5.56 Å². The molecule has 0 bridgehead atoms. The van der Waals surface area contributed by atoms with Crippen molar-refractivity contribution in [3.63, 3.8) is 0 Å². The number of rotatable bonds is 7. The lowest BCUT2D eigenvalue weighted by molar-refractivity contribution is -0.125. The Morgan fingerprint density at radius 1 is 0.844 bits per heavy atom. The number of para-hydroxylation sites is 1. The van der Waals surface area contributed by atoms with Crippen LogP contribution in [0.2, 0.25) is 0 Å². The smallest absolute Gasteiger partial charge is 0.264 e. The Labute approximate surface area is 193 Å². The molecule has 9 heteroatoms. The van der Waals surface area contributed by atoms with Crippen molar-refractivity contribution in [3.05, 3.63) is 60.2 Å². The minimum absolute atomic E-state index is 0.00335. The van der Waals surface area contributed by atoms with Gasteiger partial charge in [-0.2, -0.15) is 0 Å². The van der Waals surface area contributed by atoms with Crippen LogP contribution in [0.4, 0.5) is 5.69 Å². The van der Waals surface area contributed by atoms with Crippen LogP contribution in [-0.2, 0) is 19.8 Å². The van der Waals surface area contributed by atoms with Crippen molar-refractivity contribution in [2.24, 2.45) is 0 Å². The van der Waals surface area contributed by atoms with Gasteiger partial charge in [0.15, 0.2) is 11.7 Å². The van der Waals surface area contributed by atoms with Gasteiger partial charge in [0.25, 0.3) is 5.91 Å². The van der Waals surface area contributed by atoms with Gasteiger partial charge in [-0.1, -0.05) is 51.1 Å². The van der Waals surface area contributed by atoms with Gasteiger partial charge in [0.05, 0.1) is 0 Å². The number of hydrogen-bond acceptors (Lipinski definition) is 5. The predicted molar refractivity (Wildman–Crippen MR) is 127 cm³/mol. The number of hydrogen-bond donors (Lipinski definition) is 4. The maximum absolute atomic E-state index is 12.0. The monoisotopic (exact) mass is 456 g/mol. The summed E-state index contributed by atoms with van der Waals surface area (Å²) >= 11 is 4.97. The predicted octanol–water partition coefficient (Wildman–Crippen LogP) is 2.80. The average Bonchev–Trinajstić information content (AvgIpc) is 2.75. The topological polar surface area (TPSA) is 109 Å². The quantitative estimate of drug-likeness (QED) is 0.377. The summed E-state index contributed by atoms with van der Waals surface area (Å²) in [5, 5.41) is 5.01. The second kappa shape index (κ2) is 11.8. The molecule has 0 aliphatic heterocycles. The van der Waals surface area contributed by atoms with E-state index in [9.17, 15) is 14.4 Å². The first kappa shape index (κ1) is 24.8. The van der Waals surface area contributed by atoms with Crippen molar-refractivity contribution in [1.82, 2.24) is 16.2 Å². The summed E-state index contributed by atoms with van der Waals surface area (Å²) in [5.41, 5.74) is 6.61. The fraction of sp³-hybridized carbons (Fsp3) is 0.304. The van der Waals surface area contributed by atoms with Crippen LogP contribution in [0.1, 0.15) is 39.2 Å². The van der Waals surface area contributed by atoms with Gasteiger partial charge in [-0.25, -0.2) is 0 Å². The SMILES string of the molecule is CC(C)(C)c1ccc(OCC(=O)NC(=S)NNC(=O)CCC(=O)Nc2ccccc2)cc1. The van der Waals surface area contributed by atoms with Gasteiger partial charge >= 0.3 is 0 Å². The third-order valence-electron chi connectivity index (χ3n) is 4.30. The molecule has 3 amide bonds. The highest BCUT2D eigenvalue weighted by Gasteiger charge is 2.13. The normalized spacial score (nSPS) is 10.6. The Bertz CT molecular complexity index is 941. The molecule has 2 aromatic carbocycles. The Kier molecular flexibility index (Phi) is 9.15. The lowest BCUT2D eigenvalue weighted by Crippen LogP contribution is -2.49. The maximum Gasteiger partial charge on any atom is 0.264 e. The van der Waals surface area contributed by atoms with Crippen LogP contribution in [0, 0.1) is 0 Å². The highest BCUT2D eigenvalue weighted by Crippen LogP contribution is 2.24. The number of benzene rings is 2. The van der Waals surface area contributed by atoms with E-state index in [1.165, 1.54) is 0 Å². The summed E-state index contributed by atoms with van der Waals surface area (Å²) in [5.74, 6) is -0.636. The summed E-state index contributed by atoms with van der Waals surface area (Å²) in [6, 6.07) is 16.5. The van der Waals surface area contributed by atoms with Crippen LogP contribution in [-0.4, -0.2) is 29.4 Å². The number of nitrogens with one attached hydrogen (secondary N) is 4. The standard InChI is InChI=1S/C23H28N4O4S/c1-23(2,3)16-9-11-18(12-10-16)31-15-21(30)25-22(32)27-26-20(29)14-13-19(28)24-17-7-5-4-6-8-17/h4-12H,13-15H2,1-3H3,(H,24,28)(H,26,29)(H2,25,27,30,32). The van der Waals surface area contributed by atoms with E-state index in [1.807, 2.05) is 18.2 Å². The van der Waals surface area contributed by atoms with Gasteiger partial charge in [-0.15, -0.1) is 0 Å². The Morgan fingerprint density at radius 3 is 2.09 bits per heavy atom. The molecule has 170 valence electrons. The van der Waals surface area contributed by atoms with Crippen molar-refractivity contribution in [3.8, 4) is 5.75 Å². The van der Waals surface area contributed by atoms with Crippen LogP contribution < -0.4 is 26.2 Å². The van der Waals surface area contributed by atoms with Crippen LogP contribution in [0.15, 0.2) is 54.6 Å². The highest BCUT2D eigenvalue weighted by atomic mass is 32.1. The minimum atomic E-state index is -0.473. The van der Waals surface area contributed by atoms with Crippen LogP contribution in [0.3, 0.4) is 0 Å². The molecule has 0 saturated carbocycles. The summed E-state index contributed by atoms with van der Waals surface area (Å²) in [4.78, 5) is 35.7. The lowest BCUT2D eigenvalue weighted by Gasteiger charge is -2.19. The largest absolute Gasteiger partial charge is 0.484 e. The molecule has 2 aromatic rings. The molecule has 0 aromatic heterocycles. The van der Waals surface area contributed by atoms with E-state index in [1.54, 1.807) is 36.4 Å². The van der Waals surface area contributed by atoms with Gasteiger partial charge < -0.3 is 10.1 Å². The molecule has 8 nitrogen and oxygen atoms in total. The Morgan fingerprint density at radius 2 is 1.47 bits per heavy atom. The molecular formula is C23H28N4O4S. The van der Waals surface area contributed by atoms with Crippen molar-refractivity contribution in [1.29, 1.82) is 0 Å². The molecule has 2 rings (SSSR count). The zero-order chi connectivity index (χ0) is 23.6. The molecule has 0 spiro atoms. The summed E-state index contributed by atoms with van der Waals surface area (Å²) in [6.07, 6.45) is -0.0424. The second-order valence-electron chi connectivity index (χ2n) is 8.03. The van der Waals surface area contributed by atoms with E-state index in [4.69, 9.17) is 17.0 Å². The van der Waals surface area contributed by atoms with Crippen LogP contribution in [0.5, 0.6) is 5.75 Å². The molecule has 32 heavy (non-hydrogen) atoms. The van der Waals surface area contributed by atoms with E-state index in [0.29, 0.717) is 11.4 Å². The van der Waals surface area contributed by atoms with E-state index >= 15 is 0 Å². The number of carbonyl (C=O) groups excluding carboxylic acids is 3. The molecule has 0 heterocycles. The maximum atomic E-state index is 12.0. The second-order valence-corrected chi connectivity index (χ2v) is 8.44. The molecule has 0 unspecified atom stereocenters. The van der Waals surface area contributed by atoms with Gasteiger partial charge in [0.1, 0.15) is 5.75 Å². The number of ether oxygens (including phenoxy) is 1. The Hall–Kier alpha value is -3.46. The van der Waals surface area contributed by atoms with Crippen molar-refractivity contribution in [2.75, 3.05) is 11.9 Å². The van der Waals surface area contributed by atoms with Gasteiger partial charge in [-0.05, 0) is 47.5 Å². The van der Waals surface area contributed by atoms with E-state index in [-0.39, 0.29) is 35.9 Å². The number of carbonyl (C=O) groups is 3. The zero-order valence-electron chi connectivity index (χ0n) is 18.4. The molecule has 0 fully saturated rings. The van der Waals surface area contributed by atoms with E-state index < -0.39 is 11.8 Å². The van der Waals surface area contributed by atoms with Gasteiger partial charge in [0.2, 0.25) is 11.8 Å². The molecule has 0 atom stereocenters. The molecular weight excluding hydrogens is 428 g/mol. The summed E-state index contributed by atoms with van der Waals surface area (Å²) < 4.78 is 5.44. The number of thiocarbonyl (C=S) groups is 1. The molecule has 0 aliphatic carbocycles. The average molecular weight is 457 g/mol. The van der Waals surface area contributed by atoms with Gasteiger partial charge in [0, 0.05) is 18.5 Å². The molecule has 4 N–H and O–H groups in total. The van der Waals surface area contributed by atoms with Gasteiger partial charge in [-0.3, -0.25) is 30.6 Å². The molecule has 0 saturated heterocycles.